The molecule has 0 spiro atoms. The molecular formula is C36H62O6. The molecule has 0 aliphatic heterocycles. The van der Waals surface area contributed by atoms with Crippen LogP contribution in [0.1, 0.15) is 142 Å². The van der Waals surface area contributed by atoms with Gasteiger partial charge in [0.05, 0.1) is 12.7 Å². The Labute approximate surface area is 257 Å². The van der Waals surface area contributed by atoms with E-state index in [9.17, 15) is 19.8 Å². The van der Waals surface area contributed by atoms with E-state index in [2.05, 4.69) is 55.5 Å². The lowest BCUT2D eigenvalue weighted by molar-refractivity contribution is -0.161. The van der Waals surface area contributed by atoms with Crippen LogP contribution in [0, 0.1) is 0 Å². The Morgan fingerprint density at radius 3 is 1.69 bits per heavy atom. The molecule has 0 aliphatic carbocycles. The average Bonchev–Trinajstić information content (AvgIpc) is 2.99. The summed E-state index contributed by atoms with van der Waals surface area (Å²) >= 11 is 0. The number of allylic oxidation sites excluding steroid dienone is 8. The Hall–Kier alpha value is -2.18. The predicted octanol–water partition coefficient (Wildman–Crippen LogP) is 8.86. The molecule has 0 aromatic rings. The van der Waals surface area contributed by atoms with Crippen molar-refractivity contribution in [1.29, 1.82) is 0 Å². The summed E-state index contributed by atoms with van der Waals surface area (Å²) in [5, 5.41) is 19.0. The Balaban J connectivity index is 3.74. The molecule has 2 N–H and O–H groups in total. The van der Waals surface area contributed by atoms with E-state index < -0.39 is 6.10 Å². The molecule has 0 saturated heterocycles. The Morgan fingerprint density at radius 2 is 1.14 bits per heavy atom. The van der Waals surface area contributed by atoms with Crippen molar-refractivity contribution in [3.8, 4) is 0 Å². The van der Waals surface area contributed by atoms with Gasteiger partial charge in [-0.05, 0) is 57.8 Å². The van der Waals surface area contributed by atoms with Gasteiger partial charge in [-0.1, -0.05) is 120 Å². The summed E-state index contributed by atoms with van der Waals surface area (Å²) in [4.78, 5) is 24.0. The highest BCUT2D eigenvalue weighted by molar-refractivity contribution is 5.70. The van der Waals surface area contributed by atoms with Crippen LogP contribution in [0.5, 0.6) is 0 Å². The van der Waals surface area contributed by atoms with Gasteiger partial charge in [0.2, 0.25) is 0 Å². The molecule has 0 rings (SSSR count). The summed E-state index contributed by atoms with van der Waals surface area (Å²) in [6.45, 7) is 3.77. The van der Waals surface area contributed by atoms with Crippen molar-refractivity contribution in [2.24, 2.45) is 0 Å². The van der Waals surface area contributed by atoms with E-state index >= 15 is 0 Å². The first-order chi connectivity index (χ1) is 20.5. The van der Waals surface area contributed by atoms with Crippen LogP contribution in [0.15, 0.2) is 48.6 Å². The Bertz CT molecular complexity index is 739. The van der Waals surface area contributed by atoms with E-state index in [1.54, 1.807) is 0 Å². The second kappa shape index (κ2) is 31.7. The molecule has 6 heteroatoms. The van der Waals surface area contributed by atoms with Crippen molar-refractivity contribution in [1.82, 2.24) is 0 Å². The fourth-order valence-corrected chi connectivity index (χ4v) is 4.29. The molecular weight excluding hydrogens is 528 g/mol. The van der Waals surface area contributed by atoms with Crippen LogP contribution in [-0.4, -0.2) is 47.6 Å². The second-order valence-corrected chi connectivity index (χ2v) is 11.0. The zero-order chi connectivity index (χ0) is 30.9. The van der Waals surface area contributed by atoms with Crippen molar-refractivity contribution < 1.29 is 29.3 Å². The number of carbonyl (C=O) groups excluding carboxylic acids is 2. The van der Waals surface area contributed by atoms with Crippen molar-refractivity contribution in [3.05, 3.63) is 48.6 Å². The third-order valence-electron chi connectivity index (χ3n) is 7.04. The van der Waals surface area contributed by atoms with E-state index in [-0.39, 0.29) is 37.7 Å². The highest BCUT2D eigenvalue weighted by atomic mass is 16.6. The first kappa shape index (κ1) is 39.8. The maximum Gasteiger partial charge on any atom is 0.306 e. The largest absolute Gasteiger partial charge is 0.462 e. The molecule has 0 fully saturated rings. The number of aliphatic hydroxyl groups excluding tert-OH is 2. The maximum absolute atomic E-state index is 12.1. The van der Waals surface area contributed by atoms with Gasteiger partial charge >= 0.3 is 11.9 Å². The van der Waals surface area contributed by atoms with Crippen molar-refractivity contribution in [3.63, 3.8) is 0 Å². The standard InChI is InChI=1S/C36H62O6/c1-3-5-6-7-8-9-17-20-23-26-29-35(39)41-32-34(31-37)42-36(40)30-27-24-21-18-15-13-11-10-12-14-16-19-22-25-28-33(38)4-2/h11-14,18-19,21-22,33-34,37-38H,3-10,15-17,20,23-32H2,1-2H3/b13-11-,14-12-,21-18-,22-19-/t33-,34+/m1/s1. The molecule has 0 heterocycles. The van der Waals surface area contributed by atoms with Crippen LogP contribution >= 0.6 is 0 Å². The van der Waals surface area contributed by atoms with E-state index in [0.717, 1.165) is 64.2 Å². The Morgan fingerprint density at radius 1 is 0.643 bits per heavy atom. The maximum atomic E-state index is 12.1. The lowest BCUT2D eigenvalue weighted by Gasteiger charge is -2.15. The number of unbranched alkanes of at least 4 members (excludes halogenated alkanes) is 10. The number of rotatable bonds is 29. The number of hydrogen-bond donors (Lipinski definition) is 2. The normalized spacial score (nSPS) is 13.5. The topological polar surface area (TPSA) is 93.1 Å². The van der Waals surface area contributed by atoms with E-state index in [1.165, 1.54) is 44.9 Å². The smallest absolute Gasteiger partial charge is 0.306 e. The molecule has 0 bridgehead atoms. The van der Waals surface area contributed by atoms with E-state index in [4.69, 9.17) is 9.47 Å². The second-order valence-electron chi connectivity index (χ2n) is 11.0. The number of carbonyl (C=O) groups is 2. The van der Waals surface area contributed by atoms with E-state index in [0.29, 0.717) is 12.8 Å². The average molecular weight is 591 g/mol. The molecule has 0 saturated carbocycles. The minimum absolute atomic E-state index is 0.0962. The van der Waals surface area contributed by atoms with Gasteiger partial charge in [0, 0.05) is 12.8 Å². The third kappa shape index (κ3) is 29.3. The molecule has 2 atom stereocenters. The van der Waals surface area contributed by atoms with Gasteiger partial charge in [0.15, 0.2) is 6.10 Å². The lowest BCUT2D eigenvalue weighted by atomic mass is 10.1. The monoisotopic (exact) mass is 590 g/mol. The van der Waals surface area contributed by atoms with Gasteiger partial charge in [-0.3, -0.25) is 9.59 Å². The highest BCUT2D eigenvalue weighted by Crippen LogP contribution is 2.12. The predicted molar refractivity (Wildman–Crippen MR) is 174 cm³/mol. The van der Waals surface area contributed by atoms with Gasteiger partial charge < -0.3 is 19.7 Å². The quantitative estimate of drug-likeness (QED) is 0.0513. The number of ether oxygens (including phenoxy) is 2. The summed E-state index contributed by atoms with van der Waals surface area (Å²) in [5.74, 6) is -0.680. The van der Waals surface area contributed by atoms with Gasteiger partial charge in [-0.25, -0.2) is 0 Å². The summed E-state index contributed by atoms with van der Waals surface area (Å²) in [6.07, 6.45) is 35.4. The molecule has 0 amide bonds. The van der Waals surface area contributed by atoms with Gasteiger partial charge in [-0.2, -0.15) is 0 Å². The van der Waals surface area contributed by atoms with Crippen LogP contribution in [0.4, 0.5) is 0 Å². The molecule has 0 aliphatic rings. The minimum atomic E-state index is -0.806. The van der Waals surface area contributed by atoms with Crippen LogP contribution in [0.2, 0.25) is 0 Å². The van der Waals surface area contributed by atoms with Crippen molar-refractivity contribution >= 4 is 11.9 Å². The molecule has 0 aromatic heterocycles. The number of aliphatic hydroxyl groups is 2. The molecule has 0 aromatic carbocycles. The lowest BCUT2D eigenvalue weighted by Crippen LogP contribution is -2.28. The van der Waals surface area contributed by atoms with Crippen molar-refractivity contribution in [2.75, 3.05) is 13.2 Å². The molecule has 0 radical (unpaired) electrons. The summed E-state index contributed by atoms with van der Waals surface area (Å²) in [6, 6.07) is 0. The zero-order valence-corrected chi connectivity index (χ0v) is 26.9. The van der Waals surface area contributed by atoms with Gasteiger partial charge in [0.25, 0.3) is 0 Å². The third-order valence-corrected chi connectivity index (χ3v) is 7.04. The fourth-order valence-electron chi connectivity index (χ4n) is 4.29. The molecule has 0 unspecified atom stereocenters. The number of esters is 2. The van der Waals surface area contributed by atoms with Crippen molar-refractivity contribution in [2.45, 2.75) is 154 Å². The summed E-state index contributed by atoms with van der Waals surface area (Å²) < 4.78 is 10.5. The van der Waals surface area contributed by atoms with Gasteiger partial charge in [-0.15, -0.1) is 0 Å². The summed E-state index contributed by atoms with van der Waals surface area (Å²) in [5.41, 5.74) is 0. The highest BCUT2D eigenvalue weighted by Gasteiger charge is 2.15. The molecule has 42 heavy (non-hydrogen) atoms. The molecule has 6 nitrogen and oxygen atoms in total. The van der Waals surface area contributed by atoms with E-state index in [1.807, 2.05) is 6.92 Å². The van der Waals surface area contributed by atoms with Crippen LogP contribution in [0.25, 0.3) is 0 Å². The first-order valence-corrected chi connectivity index (χ1v) is 16.8. The summed E-state index contributed by atoms with van der Waals surface area (Å²) in [7, 11) is 0. The fraction of sp³-hybridized carbons (Fsp3) is 0.722. The Kier molecular flexibility index (Phi) is 30.1. The molecule has 242 valence electrons. The van der Waals surface area contributed by atoms with Crippen LogP contribution < -0.4 is 0 Å². The zero-order valence-electron chi connectivity index (χ0n) is 26.9. The van der Waals surface area contributed by atoms with Crippen LogP contribution in [-0.2, 0) is 19.1 Å². The SMILES string of the molecule is CCCCCCCCCCCCC(=O)OC[C@H](CO)OC(=O)CCC/C=C\C/C=C\C/C=C\C/C=C\CC[C@H](O)CC. The van der Waals surface area contributed by atoms with Crippen LogP contribution in [0.3, 0.4) is 0 Å². The first-order valence-electron chi connectivity index (χ1n) is 16.8. The minimum Gasteiger partial charge on any atom is -0.462 e. The van der Waals surface area contributed by atoms with Gasteiger partial charge in [0.1, 0.15) is 6.61 Å². The number of hydrogen-bond acceptors (Lipinski definition) is 6.